The number of nitrogens with two attached hydrogens (primary N) is 1. The summed E-state index contributed by atoms with van der Waals surface area (Å²) in [7, 11) is 1.77. The van der Waals surface area contributed by atoms with Gasteiger partial charge < -0.3 is 10.6 Å². The predicted octanol–water partition coefficient (Wildman–Crippen LogP) is 2.36. The van der Waals surface area contributed by atoms with Gasteiger partial charge in [0.25, 0.3) is 5.91 Å². The highest BCUT2D eigenvalue weighted by molar-refractivity contribution is 7.80. The fraction of sp³-hybridized carbons (Fsp3) is 0.214. The molecule has 2 aromatic rings. The quantitative estimate of drug-likeness (QED) is 0.881. The van der Waals surface area contributed by atoms with Gasteiger partial charge >= 0.3 is 0 Å². The molecule has 1 heterocycles. The third kappa shape index (κ3) is 3.20. The number of amides is 1. The maximum Gasteiger partial charge on any atom is 0.265 e. The fourth-order valence-electron chi connectivity index (χ4n) is 1.85. The standard InChI is InChI=1S/C14H15N3OS2/c1-9-12(20-8-16-9)14(18)17(2)7-10-4-3-5-11(6-10)13(15)19/h3-6,8H,7H2,1-2H3,(H2,15,19). The molecule has 1 amide bonds. The van der Waals surface area contributed by atoms with Crippen LogP contribution in [-0.4, -0.2) is 27.8 Å². The number of nitrogens with zero attached hydrogens (tertiary/aromatic N) is 2. The Hall–Kier alpha value is -1.79. The van der Waals surface area contributed by atoms with E-state index in [1.54, 1.807) is 17.5 Å². The topological polar surface area (TPSA) is 59.2 Å². The second-order valence-electron chi connectivity index (χ2n) is 4.49. The lowest BCUT2D eigenvalue weighted by Crippen LogP contribution is -2.26. The Kier molecular flexibility index (Phi) is 4.46. The van der Waals surface area contributed by atoms with Crippen LogP contribution in [0.25, 0.3) is 0 Å². The largest absolute Gasteiger partial charge is 0.389 e. The molecule has 0 saturated heterocycles. The zero-order chi connectivity index (χ0) is 14.7. The lowest BCUT2D eigenvalue weighted by atomic mass is 10.1. The number of benzene rings is 1. The number of hydrogen-bond acceptors (Lipinski definition) is 4. The Morgan fingerprint density at radius 1 is 1.50 bits per heavy atom. The molecule has 2 rings (SSSR count). The van der Waals surface area contributed by atoms with E-state index in [2.05, 4.69) is 4.98 Å². The van der Waals surface area contributed by atoms with Crippen molar-refractivity contribution in [2.24, 2.45) is 5.73 Å². The van der Waals surface area contributed by atoms with Gasteiger partial charge in [-0.25, -0.2) is 4.98 Å². The minimum atomic E-state index is -0.0225. The third-order valence-electron chi connectivity index (χ3n) is 2.92. The van der Waals surface area contributed by atoms with Crippen LogP contribution in [0.3, 0.4) is 0 Å². The average molecular weight is 305 g/mol. The molecule has 2 N–H and O–H groups in total. The van der Waals surface area contributed by atoms with Crippen LogP contribution in [0.15, 0.2) is 29.8 Å². The molecule has 0 atom stereocenters. The van der Waals surface area contributed by atoms with Gasteiger partial charge in [-0.05, 0) is 18.6 Å². The highest BCUT2D eigenvalue weighted by atomic mass is 32.1. The molecule has 0 spiro atoms. The zero-order valence-electron chi connectivity index (χ0n) is 11.3. The highest BCUT2D eigenvalue weighted by Crippen LogP contribution is 2.16. The average Bonchev–Trinajstić information content (AvgIpc) is 2.84. The molecule has 0 fully saturated rings. The Balaban J connectivity index is 2.14. The first-order chi connectivity index (χ1) is 9.49. The van der Waals surface area contributed by atoms with E-state index in [4.69, 9.17) is 18.0 Å². The van der Waals surface area contributed by atoms with Crippen molar-refractivity contribution >= 4 is 34.5 Å². The van der Waals surface area contributed by atoms with Crippen LogP contribution in [-0.2, 0) is 6.54 Å². The van der Waals surface area contributed by atoms with Crippen LogP contribution >= 0.6 is 23.6 Å². The van der Waals surface area contributed by atoms with Gasteiger partial charge in [-0.3, -0.25) is 4.79 Å². The number of rotatable bonds is 4. The van der Waals surface area contributed by atoms with E-state index >= 15 is 0 Å². The Bertz CT molecular complexity index is 651. The van der Waals surface area contributed by atoms with Crippen molar-refractivity contribution in [2.45, 2.75) is 13.5 Å². The van der Waals surface area contributed by atoms with Gasteiger partial charge in [-0.15, -0.1) is 11.3 Å². The number of aromatic nitrogens is 1. The second-order valence-corrected chi connectivity index (χ2v) is 5.79. The van der Waals surface area contributed by atoms with Crippen molar-refractivity contribution in [2.75, 3.05) is 7.05 Å². The number of hydrogen-bond donors (Lipinski definition) is 1. The summed E-state index contributed by atoms with van der Waals surface area (Å²) in [6, 6.07) is 7.61. The van der Waals surface area contributed by atoms with Gasteiger partial charge in [0.15, 0.2) is 0 Å². The molecule has 0 bridgehead atoms. The molecule has 6 heteroatoms. The SMILES string of the molecule is Cc1ncsc1C(=O)N(C)Cc1cccc(C(N)=S)c1. The maximum absolute atomic E-state index is 12.3. The molecule has 0 saturated carbocycles. The maximum atomic E-state index is 12.3. The second kappa shape index (κ2) is 6.11. The molecule has 0 aliphatic heterocycles. The first kappa shape index (κ1) is 14.6. The Labute approximate surface area is 127 Å². The molecular weight excluding hydrogens is 290 g/mol. The van der Waals surface area contributed by atoms with Gasteiger partial charge in [0, 0.05) is 19.2 Å². The van der Waals surface area contributed by atoms with Gasteiger partial charge in [0.05, 0.1) is 11.2 Å². The van der Waals surface area contributed by atoms with E-state index in [1.165, 1.54) is 11.3 Å². The molecule has 0 unspecified atom stereocenters. The Morgan fingerprint density at radius 3 is 2.85 bits per heavy atom. The van der Waals surface area contributed by atoms with E-state index < -0.39 is 0 Å². The molecule has 0 aliphatic rings. The van der Waals surface area contributed by atoms with Crippen molar-refractivity contribution in [3.8, 4) is 0 Å². The van der Waals surface area contributed by atoms with Gasteiger partial charge in [-0.2, -0.15) is 0 Å². The van der Waals surface area contributed by atoms with Crippen molar-refractivity contribution in [3.05, 3.63) is 51.5 Å². The summed E-state index contributed by atoms with van der Waals surface area (Å²) in [5.41, 5.74) is 9.87. The van der Waals surface area contributed by atoms with Gasteiger partial charge in [0.2, 0.25) is 0 Å². The van der Waals surface area contributed by atoms with Gasteiger partial charge in [-0.1, -0.05) is 30.4 Å². The molecule has 20 heavy (non-hydrogen) atoms. The monoisotopic (exact) mass is 305 g/mol. The van der Waals surface area contributed by atoms with Crippen molar-refractivity contribution in [1.29, 1.82) is 0 Å². The van der Waals surface area contributed by atoms with Crippen LogP contribution in [0.4, 0.5) is 0 Å². The number of aryl methyl sites for hydroxylation is 1. The Morgan fingerprint density at radius 2 is 2.25 bits per heavy atom. The first-order valence-electron chi connectivity index (χ1n) is 6.03. The normalized spacial score (nSPS) is 10.3. The number of carbonyl (C=O) groups is 1. The van der Waals surface area contributed by atoms with Crippen molar-refractivity contribution in [3.63, 3.8) is 0 Å². The summed E-state index contributed by atoms with van der Waals surface area (Å²) in [6.45, 7) is 2.34. The summed E-state index contributed by atoms with van der Waals surface area (Å²) < 4.78 is 0. The molecular formula is C14H15N3OS2. The number of thiocarbonyl (C=S) groups is 1. The smallest absolute Gasteiger partial charge is 0.265 e. The first-order valence-corrected chi connectivity index (χ1v) is 7.32. The van der Waals surface area contributed by atoms with E-state index in [0.717, 1.165) is 16.8 Å². The van der Waals surface area contributed by atoms with E-state index in [9.17, 15) is 4.79 Å². The number of thiazole rings is 1. The van der Waals surface area contributed by atoms with Gasteiger partial charge in [0.1, 0.15) is 9.87 Å². The molecule has 0 radical (unpaired) electrons. The van der Waals surface area contributed by atoms with E-state index in [1.807, 2.05) is 31.2 Å². The predicted molar refractivity (Wildman–Crippen MR) is 85.0 cm³/mol. The minimum Gasteiger partial charge on any atom is -0.389 e. The number of carbonyl (C=O) groups excluding carboxylic acids is 1. The molecule has 0 aliphatic carbocycles. The summed E-state index contributed by atoms with van der Waals surface area (Å²) in [5.74, 6) is -0.0225. The zero-order valence-corrected chi connectivity index (χ0v) is 12.9. The van der Waals surface area contributed by atoms with E-state index in [0.29, 0.717) is 16.4 Å². The summed E-state index contributed by atoms with van der Waals surface area (Å²) >= 11 is 6.32. The minimum absolute atomic E-state index is 0.0225. The molecule has 104 valence electrons. The summed E-state index contributed by atoms with van der Waals surface area (Å²) in [6.07, 6.45) is 0. The van der Waals surface area contributed by atoms with Crippen molar-refractivity contribution in [1.82, 2.24) is 9.88 Å². The lowest BCUT2D eigenvalue weighted by Gasteiger charge is -2.17. The van der Waals surface area contributed by atoms with Crippen molar-refractivity contribution < 1.29 is 4.79 Å². The summed E-state index contributed by atoms with van der Waals surface area (Å²) in [5, 5.41) is 0. The highest BCUT2D eigenvalue weighted by Gasteiger charge is 2.16. The molecule has 4 nitrogen and oxygen atoms in total. The third-order valence-corrected chi connectivity index (χ3v) is 4.07. The fourth-order valence-corrected chi connectivity index (χ4v) is 2.77. The molecule has 1 aromatic heterocycles. The summed E-state index contributed by atoms with van der Waals surface area (Å²) in [4.78, 5) is 19.1. The van der Waals surface area contributed by atoms with Crippen LogP contribution in [0.5, 0.6) is 0 Å². The molecule has 1 aromatic carbocycles. The lowest BCUT2D eigenvalue weighted by molar-refractivity contribution is 0.0789. The van der Waals surface area contributed by atoms with Crippen LogP contribution in [0.1, 0.15) is 26.5 Å². The van der Waals surface area contributed by atoms with Crippen LogP contribution < -0.4 is 5.73 Å². The van der Waals surface area contributed by atoms with Crippen LogP contribution in [0.2, 0.25) is 0 Å². The van der Waals surface area contributed by atoms with Crippen LogP contribution in [0, 0.1) is 6.92 Å². The van der Waals surface area contributed by atoms with E-state index in [-0.39, 0.29) is 5.91 Å².